The Morgan fingerprint density at radius 1 is 0.957 bits per heavy atom. The van der Waals surface area contributed by atoms with E-state index in [4.69, 9.17) is 9.47 Å². The molecule has 0 saturated heterocycles. The number of ether oxygens (including phenoxy) is 2. The topological polar surface area (TPSA) is 21.7 Å². The van der Waals surface area contributed by atoms with Crippen LogP contribution >= 0.6 is 0 Å². The number of hydrogen-bond acceptors (Lipinski definition) is 3. The standard InChI is InChI=1S/C20H23NO2/c1-22-19-11-10-17(13-20(19)23-2)18-9-6-12-21(15-18)14-16-7-4-3-5-8-16/h3-5,7-11,13H,6,12,14-15H2,1-2H3. The fourth-order valence-corrected chi connectivity index (χ4v) is 3.03. The zero-order valence-corrected chi connectivity index (χ0v) is 13.8. The summed E-state index contributed by atoms with van der Waals surface area (Å²) in [6, 6.07) is 16.8. The van der Waals surface area contributed by atoms with E-state index in [2.05, 4.69) is 53.4 Å². The molecule has 3 nitrogen and oxygen atoms in total. The largest absolute Gasteiger partial charge is 0.493 e. The smallest absolute Gasteiger partial charge is 0.161 e. The quantitative estimate of drug-likeness (QED) is 0.833. The molecule has 3 heteroatoms. The summed E-state index contributed by atoms with van der Waals surface area (Å²) < 4.78 is 10.7. The van der Waals surface area contributed by atoms with E-state index in [1.54, 1.807) is 14.2 Å². The van der Waals surface area contributed by atoms with Crippen LogP contribution in [-0.4, -0.2) is 32.2 Å². The average Bonchev–Trinajstić information content (AvgIpc) is 2.62. The molecule has 0 saturated carbocycles. The van der Waals surface area contributed by atoms with Gasteiger partial charge in [-0.25, -0.2) is 0 Å². The number of nitrogens with zero attached hydrogens (tertiary/aromatic N) is 1. The van der Waals surface area contributed by atoms with E-state index in [-0.39, 0.29) is 0 Å². The Kier molecular flexibility index (Phi) is 4.99. The Balaban J connectivity index is 1.74. The van der Waals surface area contributed by atoms with E-state index >= 15 is 0 Å². The molecule has 1 aliphatic rings. The lowest BCUT2D eigenvalue weighted by Crippen LogP contribution is -2.29. The molecule has 3 rings (SSSR count). The minimum atomic E-state index is 0.772. The zero-order chi connectivity index (χ0) is 16.1. The number of benzene rings is 2. The third-order valence-corrected chi connectivity index (χ3v) is 4.23. The van der Waals surface area contributed by atoms with Gasteiger partial charge in [0.25, 0.3) is 0 Å². The van der Waals surface area contributed by atoms with Crippen molar-refractivity contribution in [3.8, 4) is 11.5 Å². The number of rotatable bonds is 5. The van der Waals surface area contributed by atoms with Gasteiger partial charge in [0.1, 0.15) is 0 Å². The highest BCUT2D eigenvalue weighted by molar-refractivity contribution is 5.70. The molecule has 2 aromatic carbocycles. The number of hydrogen-bond donors (Lipinski definition) is 0. The van der Waals surface area contributed by atoms with E-state index in [1.165, 1.54) is 16.7 Å². The molecular weight excluding hydrogens is 286 g/mol. The molecule has 1 heterocycles. The van der Waals surface area contributed by atoms with Gasteiger partial charge in [-0.05, 0) is 35.3 Å². The lowest BCUT2D eigenvalue weighted by Gasteiger charge is -2.27. The van der Waals surface area contributed by atoms with E-state index < -0.39 is 0 Å². The summed E-state index contributed by atoms with van der Waals surface area (Å²) in [6.45, 7) is 3.06. The summed E-state index contributed by atoms with van der Waals surface area (Å²) in [5.74, 6) is 1.56. The Morgan fingerprint density at radius 3 is 2.48 bits per heavy atom. The van der Waals surface area contributed by atoms with Crippen LogP contribution in [0.15, 0.2) is 54.6 Å². The molecule has 120 valence electrons. The lowest BCUT2D eigenvalue weighted by atomic mass is 10.00. The van der Waals surface area contributed by atoms with Crippen molar-refractivity contribution < 1.29 is 9.47 Å². The van der Waals surface area contributed by atoms with Crippen molar-refractivity contribution in [1.29, 1.82) is 0 Å². The van der Waals surface area contributed by atoms with Crippen LogP contribution in [-0.2, 0) is 6.54 Å². The van der Waals surface area contributed by atoms with Crippen LogP contribution in [0.5, 0.6) is 11.5 Å². The van der Waals surface area contributed by atoms with Gasteiger partial charge in [0.15, 0.2) is 11.5 Å². The summed E-state index contributed by atoms with van der Waals surface area (Å²) in [4.78, 5) is 2.49. The van der Waals surface area contributed by atoms with Crippen LogP contribution in [0.1, 0.15) is 17.5 Å². The third-order valence-electron chi connectivity index (χ3n) is 4.23. The first kappa shape index (κ1) is 15.6. The zero-order valence-electron chi connectivity index (χ0n) is 13.8. The minimum absolute atomic E-state index is 0.772. The second-order valence-corrected chi connectivity index (χ2v) is 5.78. The van der Waals surface area contributed by atoms with Crippen molar-refractivity contribution in [1.82, 2.24) is 4.90 Å². The Morgan fingerprint density at radius 2 is 1.74 bits per heavy atom. The molecule has 0 N–H and O–H groups in total. The van der Waals surface area contributed by atoms with Gasteiger partial charge in [0.2, 0.25) is 0 Å². The van der Waals surface area contributed by atoms with E-state index in [1.807, 2.05) is 6.07 Å². The van der Waals surface area contributed by atoms with E-state index in [9.17, 15) is 0 Å². The molecule has 0 bridgehead atoms. The maximum atomic E-state index is 5.42. The SMILES string of the molecule is COc1ccc(C2=CCCN(Cc3ccccc3)C2)cc1OC. The monoisotopic (exact) mass is 309 g/mol. The number of methoxy groups -OCH3 is 2. The highest BCUT2D eigenvalue weighted by atomic mass is 16.5. The Labute approximate surface area is 138 Å². The summed E-state index contributed by atoms with van der Waals surface area (Å²) in [6.07, 6.45) is 3.42. The fourth-order valence-electron chi connectivity index (χ4n) is 3.03. The predicted molar refractivity (Wildman–Crippen MR) is 93.9 cm³/mol. The van der Waals surface area contributed by atoms with Gasteiger partial charge in [0.05, 0.1) is 14.2 Å². The molecule has 0 amide bonds. The Bertz CT molecular complexity index is 679. The minimum Gasteiger partial charge on any atom is -0.493 e. The molecule has 0 atom stereocenters. The molecule has 2 aromatic rings. The van der Waals surface area contributed by atoms with Crippen LogP contribution in [0.25, 0.3) is 5.57 Å². The van der Waals surface area contributed by atoms with Gasteiger partial charge in [-0.15, -0.1) is 0 Å². The van der Waals surface area contributed by atoms with Crippen molar-refractivity contribution in [2.24, 2.45) is 0 Å². The molecule has 0 aromatic heterocycles. The Hall–Kier alpha value is -2.26. The highest BCUT2D eigenvalue weighted by Crippen LogP contribution is 2.31. The predicted octanol–water partition coefficient (Wildman–Crippen LogP) is 3.99. The van der Waals surface area contributed by atoms with Gasteiger partial charge in [-0.1, -0.05) is 42.5 Å². The van der Waals surface area contributed by atoms with Gasteiger partial charge in [0, 0.05) is 19.6 Å². The molecule has 0 spiro atoms. The second-order valence-electron chi connectivity index (χ2n) is 5.78. The van der Waals surface area contributed by atoms with Crippen LogP contribution in [0.2, 0.25) is 0 Å². The van der Waals surface area contributed by atoms with Crippen LogP contribution in [0, 0.1) is 0 Å². The second kappa shape index (κ2) is 7.34. The maximum Gasteiger partial charge on any atom is 0.161 e. The summed E-state index contributed by atoms with van der Waals surface area (Å²) in [5, 5.41) is 0. The molecule has 0 aliphatic carbocycles. The van der Waals surface area contributed by atoms with Crippen molar-refractivity contribution in [2.45, 2.75) is 13.0 Å². The van der Waals surface area contributed by atoms with Crippen LogP contribution < -0.4 is 9.47 Å². The van der Waals surface area contributed by atoms with Gasteiger partial charge in [-0.2, -0.15) is 0 Å². The first-order valence-corrected chi connectivity index (χ1v) is 7.98. The van der Waals surface area contributed by atoms with Crippen molar-refractivity contribution in [3.05, 3.63) is 65.7 Å². The molecule has 1 aliphatic heterocycles. The van der Waals surface area contributed by atoms with E-state index in [0.717, 1.165) is 37.6 Å². The van der Waals surface area contributed by atoms with Crippen molar-refractivity contribution in [2.75, 3.05) is 27.3 Å². The first-order valence-electron chi connectivity index (χ1n) is 7.98. The molecule has 0 fully saturated rings. The summed E-state index contributed by atoms with van der Waals surface area (Å²) in [5.41, 5.74) is 3.93. The van der Waals surface area contributed by atoms with Gasteiger partial charge < -0.3 is 9.47 Å². The molecule has 23 heavy (non-hydrogen) atoms. The highest BCUT2D eigenvalue weighted by Gasteiger charge is 2.15. The third kappa shape index (κ3) is 3.74. The van der Waals surface area contributed by atoms with Crippen LogP contribution in [0.4, 0.5) is 0 Å². The van der Waals surface area contributed by atoms with Crippen LogP contribution in [0.3, 0.4) is 0 Å². The molecule has 0 unspecified atom stereocenters. The maximum absolute atomic E-state index is 5.42. The van der Waals surface area contributed by atoms with Crippen molar-refractivity contribution >= 4 is 5.57 Å². The summed E-state index contributed by atoms with van der Waals surface area (Å²) in [7, 11) is 3.34. The van der Waals surface area contributed by atoms with Crippen molar-refractivity contribution in [3.63, 3.8) is 0 Å². The molecular formula is C20H23NO2. The van der Waals surface area contributed by atoms with Gasteiger partial charge in [-0.3, -0.25) is 4.90 Å². The fraction of sp³-hybridized carbons (Fsp3) is 0.300. The normalized spacial score (nSPS) is 15.1. The summed E-state index contributed by atoms with van der Waals surface area (Å²) >= 11 is 0. The van der Waals surface area contributed by atoms with E-state index in [0.29, 0.717) is 0 Å². The molecule has 0 radical (unpaired) electrons. The van der Waals surface area contributed by atoms with Gasteiger partial charge >= 0.3 is 0 Å². The first-order chi connectivity index (χ1) is 11.3. The lowest BCUT2D eigenvalue weighted by molar-refractivity contribution is 0.296. The average molecular weight is 309 g/mol.